The van der Waals surface area contributed by atoms with Crippen molar-refractivity contribution in [2.75, 3.05) is 47.3 Å². The molecule has 0 bridgehead atoms. The van der Waals surface area contributed by atoms with Crippen LogP contribution < -0.4 is 5.32 Å². The fourth-order valence-electron chi connectivity index (χ4n) is 3.16. The molecule has 0 aliphatic carbocycles. The van der Waals surface area contributed by atoms with Gasteiger partial charge in [0.1, 0.15) is 6.54 Å². The molecule has 9 nitrogen and oxygen atoms in total. The van der Waals surface area contributed by atoms with Gasteiger partial charge in [-0.25, -0.2) is 4.79 Å². The molecule has 1 aliphatic heterocycles. The lowest BCUT2D eigenvalue weighted by Gasteiger charge is -2.39. The van der Waals surface area contributed by atoms with Crippen molar-refractivity contribution in [3.8, 4) is 0 Å². The van der Waals surface area contributed by atoms with Gasteiger partial charge >= 0.3 is 12.2 Å². The molecule has 3 rings (SSSR count). The number of carbonyl (C=O) groups excluding carboxylic acids is 2. The lowest BCUT2D eigenvalue weighted by molar-refractivity contribution is -0.123. The maximum absolute atomic E-state index is 12.4. The summed E-state index contributed by atoms with van der Waals surface area (Å²) in [5.41, 5.74) is 0.513. The first-order valence-corrected chi connectivity index (χ1v) is 8.93. The summed E-state index contributed by atoms with van der Waals surface area (Å²) in [5.74, 6) is -0.338. The van der Waals surface area contributed by atoms with E-state index in [1.165, 1.54) is 23.2 Å². The molecule has 0 radical (unpaired) electrons. The van der Waals surface area contributed by atoms with Crippen LogP contribution in [-0.2, 0) is 0 Å². The van der Waals surface area contributed by atoms with E-state index in [0.29, 0.717) is 31.1 Å². The highest BCUT2D eigenvalue weighted by molar-refractivity contribution is 5.94. The zero-order valence-corrected chi connectivity index (χ0v) is 16.3. The molecule has 3 amide bonds. The average Bonchev–Trinajstić information content (AvgIpc) is 3.08. The van der Waals surface area contributed by atoms with Crippen molar-refractivity contribution in [2.24, 2.45) is 0 Å². The molecule has 1 N–H and O–H groups in total. The summed E-state index contributed by atoms with van der Waals surface area (Å²) in [6.07, 6.45) is -3.08. The molecule has 2 aromatic rings. The summed E-state index contributed by atoms with van der Waals surface area (Å²) in [5, 5.41) is 10.1. The molecule has 158 valence electrons. The predicted octanol–water partition coefficient (Wildman–Crippen LogP) is 0.991. The lowest BCUT2D eigenvalue weighted by Crippen LogP contribution is -2.52. The maximum atomic E-state index is 12.4. The van der Waals surface area contributed by atoms with Crippen molar-refractivity contribution >= 4 is 17.6 Å². The first-order chi connectivity index (χ1) is 13.6. The van der Waals surface area contributed by atoms with Gasteiger partial charge in [0, 0.05) is 39.9 Å². The average molecular weight is 413 g/mol. The van der Waals surface area contributed by atoms with Crippen LogP contribution in [0.3, 0.4) is 0 Å². The Kier molecular flexibility index (Phi) is 5.64. The number of nitrogens with one attached hydrogen (secondary N) is 1. The number of amides is 3. The van der Waals surface area contributed by atoms with Gasteiger partial charge in [0.2, 0.25) is 0 Å². The molecular weight excluding hydrogens is 391 g/mol. The predicted molar refractivity (Wildman–Crippen MR) is 97.4 cm³/mol. The Hall–Kier alpha value is -2.89. The first kappa shape index (κ1) is 20.8. The Bertz CT molecular complexity index is 912. The lowest BCUT2D eigenvalue weighted by atomic mass is 10.1. The summed E-state index contributed by atoms with van der Waals surface area (Å²) in [6.45, 7) is 0.140. The number of nitrogens with zero attached hydrogens (tertiary/aromatic N) is 6. The van der Waals surface area contributed by atoms with Crippen LogP contribution in [0.25, 0.3) is 5.65 Å². The summed E-state index contributed by atoms with van der Waals surface area (Å²) < 4.78 is 38.7. The fraction of sp³-hybridized carbons (Fsp3) is 0.529. The smallest absolute Gasteiger partial charge is 0.343 e. The third kappa shape index (κ3) is 4.58. The molecule has 0 spiro atoms. The summed E-state index contributed by atoms with van der Waals surface area (Å²) >= 11 is 0. The van der Waals surface area contributed by atoms with Gasteiger partial charge in [-0.1, -0.05) is 0 Å². The van der Waals surface area contributed by atoms with Gasteiger partial charge in [-0.15, -0.1) is 10.2 Å². The Labute approximate surface area is 165 Å². The minimum absolute atomic E-state index is 0.0579. The van der Waals surface area contributed by atoms with E-state index in [9.17, 15) is 22.8 Å². The Morgan fingerprint density at radius 3 is 2.62 bits per heavy atom. The number of likely N-dealkylation sites (N-methyl/N-ethyl adjacent to an activating group) is 1. The monoisotopic (exact) mass is 413 g/mol. The molecular formula is C17H22F3N7O2. The van der Waals surface area contributed by atoms with E-state index in [4.69, 9.17) is 0 Å². The Morgan fingerprint density at radius 2 is 1.97 bits per heavy atom. The SMILES string of the molecule is CN(C)C(=O)N1CCN(C)C(c2nnc3ccc(C(=O)NCC(F)(F)F)cn23)C1. The molecule has 1 aliphatic rings. The number of halogens is 3. The molecule has 1 unspecified atom stereocenters. The molecule has 29 heavy (non-hydrogen) atoms. The van der Waals surface area contributed by atoms with E-state index in [0.717, 1.165) is 0 Å². The highest BCUT2D eigenvalue weighted by Gasteiger charge is 2.32. The first-order valence-electron chi connectivity index (χ1n) is 8.93. The molecule has 0 saturated carbocycles. The zero-order chi connectivity index (χ0) is 21.3. The third-order valence-electron chi connectivity index (χ3n) is 4.74. The quantitative estimate of drug-likeness (QED) is 0.811. The van der Waals surface area contributed by atoms with Gasteiger partial charge in [0.15, 0.2) is 11.5 Å². The number of hydrogen-bond donors (Lipinski definition) is 1. The molecule has 1 saturated heterocycles. The normalized spacial score (nSPS) is 18.1. The Balaban J connectivity index is 1.87. The molecule has 3 heterocycles. The second-order valence-electron chi connectivity index (χ2n) is 7.12. The number of fused-ring (bicyclic) bond motifs is 1. The van der Waals surface area contributed by atoms with Crippen molar-refractivity contribution in [3.63, 3.8) is 0 Å². The van der Waals surface area contributed by atoms with Crippen molar-refractivity contribution < 1.29 is 22.8 Å². The number of piperazine rings is 1. The molecule has 2 aromatic heterocycles. The number of pyridine rings is 1. The van der Waals surface area contributed by atoms with Gasteiger partial charge in [-0.3, -0.25) is 14.1 Å². The van der Waals surface area contributed by atoms with Gasteiger partial charge in [-0.05, 0) is 19.2 Å². The van der Waals surface area contributed by atoms with Crippen molar-refractivity contribution in [2.45, 2.75) is 12.2 Å². The highest BCUT2D eigenvalue weighted by Crippen LogP contribution is 2.24. The van der Waals surface area contributed by atoms with E-state index in [1.54, 1.807) is 23.4 Å². The molecule has 12 heteroatoms. The molecule has 0 aromatic carbocycles. The second kappa shape index (κ2) is 7.85. The largest absolute Gasteiger partial charge is 0.405 e. The van der Waals surface area contributed by atoms with Gasteiger partial charge in [-0.2, -0.15) is 13.2 Å². The van der Waals surface area contributed by atoms with E-state index >= 15 is 0 Å². The number of carbonyl (C=O) groups is 2. The minimum atomic E-state index is -4.49. The summed E-state index contributed by atoms with van der Waals surface area (Å²) in [4.78, 5) is 29.6. The van der Waals surface area contributed by atoms with Crippen molar-refractivity contribution in [1.82, 2.24) is 34.6 Å². The molecule has 1 fully saturated rings. The van der Waals surface area contributed by atoms with E-state index in [1.807, 2.05) is 17.3 Å². The standard InChI is InChI=1S/C17H22F3N7O2/c1-24(2)16(29)26-7-6-25(3)12(9-26)14-23-22-13-5-4-11(8-27(13)14)15(28)21-10-17(18,19)20/h4-5,8,12H,6-7,9-10H2,1-3H3,(H,21,28). The van der Waals surface area contributed by atoms with Gasteiger partial charge in [0.25, 0.3) is 5.91 Å². The van der Waals surface area contributed by atoms with Crippen LogP contribution in [0.5, 0.6) is 0 Å². The summed E-state index contributed by atoms with van der Waals surface area (Å²) in [7, 11) is 5.24. The van der Waals surface area contributed by atoms with E-state index in [-0.39, 0.29) is 17.6 Å². The van der Waals surface area contributed by atoms with Crippen LogP contribution in [0.1, 0.15) is 22.2 Å². The molecule has 1 atom stereocenters. The minimum Gasteiger partial charge on any atom is -0.343 e. The van der Waals surface area contributed by atoms with Crippen LogP contribution in [0.15, 0.2) is 18.3 Å². The van der Waals surface area contributed by atoms with Crippen LogP contribution in [0.4, 0.5) is 18.0 Å². The van der Waals surface area contributed by atoms with Crippen molar-refractivity contribution in [3.05, 3.63) is 29.7 Å². The number of urea groups is 1. The van der Waals surface area contributed by atoms with E-state index < -0.39 is 18.6 Å². The van der Waals surface area contributed by atoms with Crippen LogP contribution in [-0.4, -0.2) is 94.7 Å². The number of hydrogen-bond acceptors (Lipinski definition) is 5. The fourth-order valence-corrected chi connectivity index (χ4v) is 3.16. The highest BCUT2D eigenvalue weighted by atomic mass is 19.4. The third-order valence-corrected chi connectivity index (χ3v) is 4.74. The van der Waals surface area contributed by atoms with Gasteiger partial charge < -0.3 is 15.1 Å². The number of aromatic nitrogens is 3. The van der Waals surface area contributed by atoms with Crippen LogP contribution >= 0.6 is 0 Å². The zero-order valence-electron chi connectivity index (χ0n) is 16.3. The van der Waals surface area contributed by atoms with Crippen LogP contribution in [0.2, 0.25) is 0 Å². The number of rotatable bonds is 3. The summed E-state index contributed by atoms with van der Waals surface area (Å²) in [6, 6.07) is 2.51. The van der Waals surface area contributed by atoms with Gasteiger partial charge in [0.05, 0.1) is 11.6 Å². The topological polar surface area (TPSA) is 86.1 Å². The van der Waals surface area contributed by atoms with Crippen molar-refractivity contribution in [1.29, 1.82) is 0 Å². The van der Waals surface area contributed by atoms with Crippen LogP contribution in [0, 0.1) is 0 Å². The maximum Gasteiger partial charge on any atom is 0.405 e. The number of alkyl halides is 3. The Morgan fingerprint density at radius 1 is 1.24 bits per heavy atom. The van der Waals surface area contributed by atoms with E-state index in [2.05, 4.69) is 10.2 Å². The second-order valence-corrected chi connectivity index (χ2v) is 7.12.